The zero-order chi connectivity index (χ0) is 15.9. The molecule has 1 aromatic rings. The summed E-state index contributed by atoms with van der Waals surface area (Å²) in [6.07, 6.45) is 0. The van der Waals surface area contributed by atoms with E-state index in [0.29, 0.717) is 19.0 Å². The molecule has 0 heterocycles. The van der Waals surface area contributed by atoms with Crippen molar-refractivity contribution in [3.05, 3.63) is 24.3 Å². The number of benzene rings is 1. The molecule has 0 fully saturated rings. The summed E-state index contributed by atoms with van der Waals surface area (Å²) in [5.74, 6) is -2.82. The highest BCUT2D eigenvalue weighted by Crippen LogP contribution is 2.17. The first-order valence-electron chi connectivity index (χ1n) is 6.10. The zero-order valence-electron chi connectivity index (χ0n) is 11.9. The maximum atomic E-state index is 13.0. The number of ether oxygens (including phenoxy) is 2. The lowest BCUT2D eigenvalue weighted by Gasteiger charge is -2.15. The summed E-state index contributed by atoms with van der Waals surface area (Å²) in [6.45, 7) is -1.25. The van der Waals surface area contributed by atoms with Crippen LogP contribution in [-0.4, -0.2) is 47.8 Å². The molecule has 0 saturated heterocycles. The van der Waals surface area contributed by atoms with Crippen molar-refractivity contribution in [2.75, 3.05) is 33.4 Å². The van der Waals surface area contributed by atoms with Crippen LogP contribution in [0.3, 0.4) is 0 Å². The summed E-state index contributed by atoms with van der Waals surface area (Å²) in [5.41, 5.74) is 4.84. The van der Waals surface area contributed by atoms with E-state index in [-0.39, 0.29) is 17.3 Å². The van der Waals surface area contributed by atoms with Gasteiger partial charge in [-0.25, -0.2) is 21.9 Å². The topological polar surface area (TPSA) is 90.6 Å². The van der Waals surface area contributed by atoms with Crippen LogP contribution in [0.25, 0.3) is 0 Å². The van der Waals surface area contributed by atoms with Gasteiger partial charge in [0.05, 0.1) is 24.6 Å². The molecular weight excluding hydrogens is 342 g/mol. The van der Waals surface area contributed by atoms with Crippen molar-refractivity contribution in [1.82, 2.24) is 4.72 Å². The molecule has 0 aliphatic heterocycles. The van der Waals surface area contributed by atoms with Crippen LogP contribution >= 0.6 is 12.4 Å². The molecule has 0 spiro atoms. The van der Waals surface area contributed by atoms with Crippen molar-refractivity contribution in [3.8, 4) is 5.75 Å². The highest BCUT2D eigenvalue weighted by atomic mass is 35.5. The van der Waals surface area contributed by atoms with Crippen LogP contribution in [0.4, 0.5) is 8.78 Å². The number of sulfonamides is 1. The van der Waals surface area contributed by atoms with Crippen molar-refractivity contribution >= 4 is 22.4 Å². The molecular formula is C12H19ClF2N2O4S. The molecule has 0 aliphatic rings. The third-order valence-corrected chi connectivity index (χ3v) is 3.93. The third-order valence-electron chi connectivity index (χ3n) is 2.51. The number of halogens is 3. The van der Waals surface area contributed by atoms with Gasteiger partial charge < -0.3 is 15.2 Å². The van der Waals surface area contributed by atoms with Gasteiger partial charge in [0, 0.05) is 7.11 Å². The predicted molar refractivity (Wildman–Crippen MR) is 80.3 cm³/mol. The summed E-state index contributed by atoms with van der Waals surface area (Å²) < 4.78 is 61.4. The lowest BCUT2D eigenvalue weighted by molar-refractivity contribution is 0.0170. The fourth-order valence-corrected chi connectivity index (χ4v) is 2.38. The number of hydrogen-bond acceptors (Lipinski definition) is 5. The largest absolute Gasteiger partial charge is 0.491 e. The molecule has 0 aliphatic carbocycles. The highest BCUT2D eigenvalue weighted by Gasteiger charge is 2.29. The molecule has 0 bridgehead atoms. The molecule has 10 heteroatoms. The summed E-state index contributed by atoms with van der Waals surface area (Å²) >= 11 is 0. The van der Waals surface area contributed by atoms with E-state index in [9.17, 15) is 17.2 Å². The van der Waals surface area contributed by atoms with Gasteiger partial charge in [0.25, 0.3) is 5.92 Å². The number of hydrogen-bond donors (Lipinski definition) is 2. The minimum Gasteiger partial charge on any atom is -0.491 e. The van der Waals surface area contributed by atoms with E-state index in [0.717, 1.165) is 0 Å². The molecule has 3 N–H and O–H groups in total. The Labute approximate surface area is 134 Å². The van der Waals surface area contributed by atoms with E-state index in [1.54, 1.807) is 0 Å². The predicted octanol–water partition coefficient (Wildman–Crippen LogP) is 1.01. The first kappa shape index (κ1) is 21.0. The summed E-state index contributed by atoms with van der Waals surface area (Å²) in [5, 5.41) is 0. The Balaban J connectivity index is 0.00000441. The second-order valence-electron chi connectivity index (χ2n) is 4.20. The molecule has 1 rings (SSSR count). The van der Waals surface area contributed by atoms with Gasteiger partial charge in [-0.05, 0) is 24.3 Å². The Hall–Kier alpha value is -1.00. The molecule has 22 heavy (non-hydrogen) atoms. The Morgan fingerprint density at radius 2 is 1.82 bits per heavy atom. The van der Waals surface area contributed by atoms with E-state index in [1.165, 1.54) is 31.4 Å². The number of alkyl halides is 2. The monoisotopic (exact) mass is 360 g/mol. The molecule has 0 unspecified atom stereocenters. The highest BCUT2D eigenvalue weighted by molar-refractivity contribution is 7.89. The smallest absolute Gasteiger partial charge is 0.273 e. The number of nitrogens with two attached hydrogens (primary N) is 1. The summed E-state index contributed by atoms with van der Waals surface area (Å²) in [6, 6.07) is 5.41. The van der Waals surface area contributed by atoms with Gasteiger partial charge >= 0.3 is 0 Å². The molecule has 0 atom stereocenters. The van der Waals surface area contributed by atoms with Gasteiger partial charge in [-0.1, -0.05) is 0 Å². The van der Waals surface area contributed by atoms with Gasteiger partial charge in [0.15, 0.2) is 0 Å². The van der Waals surface area contributed by atoms with Gasteiger partial charge in [0.2, 0.25) is 10.0 Å². The fraction of sp³-hybridized carbons (Fsp3) is 0.500. The molecule has 0 aromatic heterocycles. The standard InChI is InChI=1S/C12H18F2N2O4S.ClH/c1-19-6-7-20-10-2-4-11(5-3-10)21(17,18)16-9-12(13,14)8-15;/h2-5,16H,6-9,15H2,1H3;1H. The Kier molecular flexibility index (Phi) is 8.79. The van der Waals surface area contributed by atoms with Gasteiger partial charge in [0.1, 0.15) is 12.4 Å². The first-order chi connectivity index (χ1) is 9.80. The van der Waals surface area contributed by atoms with E-state index < -0.39 is 29.0 Å². The Bertz CT molecular complexity index is 541. The maximum absolute atomic E-state index is 13.0. The van der Waals surface area contributed by atoms with Crippen LogP contribution in [0.15, 0.2) is 29.2 Å². The molecule has 0 radical (unpaired) electrons. The minimum absolute atomic E-state index is 0. The quantitative estimate of drug-likeness (QED) is 0.641. The van der Waals surface area contributed by atoms with Crippen molar-refractivity contribution in [2.45, 2.75) is 10.8 Å². The fourth-order valence-electron chi connectivity index (χ4n) is 1.31. The summed E-state index contributed by atoms with van der Waals surface area (Å²) in [7, 11) is -2.48. The van der Waals surface area contributed by atoms with Crippen LogP contribution in [0.5, 0.6) is 5.75 Å². The summed E-state index contributed by atoms with van der Waals surface area (Å²) in [4.78, 5) is -0.130. The zero-order valence-corrected chi connectivity index (χ0v) is 13.6. The van der Waals surface area contributed by atoms with Crippen LogP contribution < -0.4 is 15.2 Å². The van der Waals surface area contributed by atoms with Gasteiger partial charge in [-0.3, -0.25) is 0 Å². The van der Waals surface area contributed by atoms with E-state index >= 15 is 0 Å². The van der Waals surface area contributed by atoms with Crippen LogP contribution in [-0.2, 0) is 14.8 Å². The normalized spacial score (nSPS) is 11.8. The van der Waals surface area contributed by atoms with E-state index in [4.69, 9.17) is 15.2 Å². The second-order valence-corrected chi connectivity index (χ2v) is 5.96. The van der Waals surface area contributed by atoms with Crippen LogP contribution in [0.2, 0.25) is 0 Å². The number of rotatable bonds is 9. The maximum Gasteiger partial charge on any atom is 0.273 e. The average Bonchev–Trinajstić information content (AvgIpc) is 2.46. The molecule has 6 nitrogen and oxygen atoms in total. The van der Waals surface area contributed by atoms with E-state index in [2.05, 4.69) is 0 Å². The van der Waals surface area contributed by atoms with Crippen molar-refractivity contribution < 1.29 is 26.7 Å². The van der Waals surface area contributed by atoms with E-state index in [1.807, 2.05) is 4.72 Å². The molecule has 1 aromatic carbocycles. The Morgan fingerprint density at radius 1 is 1.23 bits per heavy atom. The van der Waals surface area contributed by atoms with Crippen molar-refractivity contribution in [3.63, 3.8) is 0 Å². The SMILES string of the molecule is COCCOc1ccc(S(=O)(=O)NCC(F)(F)CN)cc1.Cl. The van der Waals surface area contributed by atoms with Crippen molar-refractivity contribution in [1.29, 1.82) is 0 Å². The third kappa shape index (κ3) is 6.84. The lowest BCUT2D eigenvalue weighted by Crippen LogP contribution is -2.41. The first-order valence-corrected chi connectivity index (χ1v) is 7.58. The lowest BCUT2D eigenvalue weighted by atomic mass is 10.3. The van der Waals surface area contributed by atoms with Gasteiger partial charge in [-0.15, -0.1) is 12.4 Å². The van der Waals surface area contributed by atoms with Crippen LogP contribution in [0, 0.1) is 0 Å². The molecule has 0 saturated carbocycles. The average molecular weight is 361 g/mol. The van der Waals surface area contributed by atoms with Crippen LogP contribution in [0.1, 0.15) is 0 Å². The molecule has 0 amide bonds. The van der Waals surface area contributed by atoms with Gasteiger partial charge in [-0.2, -0.15) is 0 Å². The Morgan fingerprint density at radius 3 is 2.32 bits per heavy atom. The minimum atomic E-state index is -4.01. The second kappa shape index (κ2) is 9.21. The molecule has 128 valence electrons. The number of methoxy groups -OCH3 is 1. The van der Waals surface area contributed by atoms with Crippen molar-refractivity contribution in [2.24, 2.45) is 5.73 Å². The number of nitrogens with one attached hydrogen (secondary N) is 1.